The first-order chi connectivity index (χ1) is 11.3. The minimum Gasteiger partial charge on any atom is -0.348 e. The second-order valence-electron chi connectivity index (χ2n) is 5.43. The van der Waals surface area contributed by atoms with Crippen LogP contribution < -0.4 is 5.32 Å². The van der Waals surface area contributed by atoms with Gasteiger partial charge in [0.25, 0.3) is 11.6 Å². The highest BCUT2D eigenvalue weighted by Gasteiger charge is 2.39. The van der Waals surface area contributed by atoms with Crippen LogP contribution in [0.5, 0.6) is 0 Å². The highest BCUT2D eigenvalue weighted by molar-refractivity contribution is 6.03. The summed E-state index contributed by atoms with van der Waals surface area (Å²) < 4.78 is 5.77. The van der Waals surface area contributed by atoms with Crippen LogP contribution in [-0.2, 0) is 9.53 Å². The van der Waals surface area contributed by atoms with E-state index in [1.807, 2.05) is 0 Å². The van der Waals surface area contributed by atoms with Crippen LogP contribution in [0.15, 0.2) is 47.6 Å². The molecule has 0 saturated carbocycles. The number of nitro groups is 1. The Balaban J connectivity index is 2.32. The zero-order valence-corrected chi connectivity index (χ0v) is 13.7. The fraction of sp³-hybridized carbons (Fsp3) is 0.294. The van der Waals surface area contributed by atoms with Gasteiger partial charge in [0.2, 0.25) is 0 Å². The summed E-state index contributed by atoms with van der Waals surface area (Å²) in [7, 11) is 0. The summed E-state index contributed by atoms with van der Waals surface area (Å²) in [6.07, 6.45) is 2.83. The van der Waals surface area contributed by atoms with Crippen molar-refractivity contribution < 1.29 is 19.2 Å². The number of amides is 1. The largest absolute Gasteiger partial charge is 0.348 e. The van der Waals surface area contributed by atoms with Crippen LogP contribution >= 0.6 is 0 Å². The Bertz CT molecular complexity index is 725. The number of nitrogens with one attached hydrogen (secondary N) is 1. The van der Waals surface area contributed by atoms with Gasteiger partial charge in [-0.15, -0.1) is 0 Å². The third kappa shape index (κ3) is 3.26. The molecule has 0 spiro atoms. The Morgan fingerprint density at radius 2 is 1.75 bits per heavy atom. The normalized spacial score (nSPS) is 16.2. The molecule has 0 bridgehead atoms. The zero-order valence-electron chi connectivity index (χ0n) is 13.7. The molecule has 1 aromatic carbocycles. The molecule has 0 radical (unpaired) electrons. The van der Waals surface area contributed by atoms with Gasteiger partial charge in [-0.3, -0.25) is 19.7 Å². The number of nitrogens with zero attached hydrogens (tertiary/aromatic N) is 1. The van der Waals surface area contributed by atoms with Crippen LogP contribution in [-0.4, -0.2) is 28.9 Å². The van der Waals surface area contributed by atoms with Gasteiger partial charge in [0.05, 0.1) is 4.92 Å². The first-order valence-electron chi connectivity index (χ1n) is 7.42. The molecule has 0 fully saturated rings. The van der Waals surface area contributed by atoms with Crippen molar-refractivity contribution in [2.45, 2.75) is 26.5 Å². The summed E-state index contributed by atoms with van der Waals surface area (Å²) in [6.45, 7) is 5.53. The number of hydrogen-bond acceptors (Lipinski definition) is 5. The molecule has 0 atom stereocenters. The summed E-state index contributed by atoms with van der Waals surface area (Å²) in [6, 6.07) is 5.27. The SMILES string of the molecule is CCOC1(NC(=O)c2ccc([N+](=O)[O-])cc2)C(C)=CC(=O)C=C1C. The molecule has 1 amide bonds. The van der Waals surface area contributed by atoms with Crippen molar-refractivity contribution in [3.05, 3.63) is 63.2 Å². The van der Waals surface area contributed by atoms with Crippen molar-refractivity contribution in [3.8, 4) is 0 Å². The molecule has 126 valence electrons. The number of carbonyl (C=O) groups is 2. The van der Waals surface area contributed by atoms with Crippen molar-refractivity contribution in [2.75, 3.05) is 6.61 Å². The van der Waals surface area contributed by atoms with Crippen molar-refractivity contribution in [2.24, 2.45) is 0 Å². The van der Waals surface area contributed by atoms with Gasteiger partial charge in [0.15, 0.2) is 11.5 Å². The summed E-state index contributed by atoms with van der Waals surface area (Å²) in [4.78, 5) is 34.4. The van der Waals surface area contributed by atoms with Crippen molar-refractivity contribution in [1.82, 2.24) is 5.32 Å². The molecule has 0 unspecified atom stereocenters. The van der Waals surface area contributed by atoms with E-state index < -0.39 is 16.6 Å². The first kappa shape index (κ1) is 17.6. The van der Waals surface area contributed by atoms with Crippen LogP contribution in [0, 0.1) is 10.1 Å². The third-order valence-electron chi connectivity index (χ3n) is 3.82. The first-order valence-corrected chi connectivity index (χ1v) is 7.42. The van der Waals surface area contributed by atoms with Gasteiger partial charge in [0, 0.05) is 24.3 Å². The smallest absolute Gasteiger partial charge is 0.269 e. The summed E-state index contributed by atoms with van der Waals surface area (Å²) >= 11 is 0. The van der Waals surface area contributed by atoms with Crippen LogP contribution in [0.2, 0.25) is 0 Å². The Hall–Kier alpha value is -2.80. The third-order valence-corrected chi connectivity index (χ3v) is 3.82. The Morgan fingerprint density at radius 1 is 1.21 bits per heavy atom. The molecule has 0 saturated heterocycles. The quantitative estimate of drug-likeness (QED) is 0.508. The Labute approximate surface area is 139 Å². The van der Waals surface area contributed by atoms with Gasteiger partial charge >= 0.3 is 0 Å². The van der Waals surface area contributed by atoms with Gasteiger partial charge in [-0.2, -0.15) is 0 Å². The molecule has 0 aromatic heterocycles. The van der Waals surface area contributed by atoms with E-state index in [4.69, 9.17) is 4.74 Å². The molecule has 7 nitrogen and oxygen atoms in total. The molecule has 7 heteroatoms. The number of allylic oxidation sites excluding steroid dienone is 2. The molecule has 1 N–H and O–H groups in total. The van der Waals surface area contributed by atoms with E-state index in [-0.39, 0.29) is 17.0 Å². The maximum Gasteiger partial charge on any atom is 0.269 e. The van der Waals surface area contributed by atoms with Crippen LogP contribution in [0.3, 0.4) is 0 Å². The van der Waals surface area contributed by atoms with Crippen molar-refractivity contribution in [1.29, 1.82) is 0 Å². The minimum absolute atomic E-state index is 0.0958. The molecular formula is C17H18N2O5. The van der Waals surface area contributed by atoms with E-state index in [0.29, 0.717) is 17.8 Å². The number of hydrogen-bond donors (Lipinski definition) is 1. The summed E-state index contributed by atoms with van der Waals surface area (Å²) in [5.41, 5.74) is 0.120. The Morgan fingerprint density at radius 3 is 2.21 bits per heavy atom. The second-order valence-corrected chi connectivity index (χ2v) is 5.43. The van der Waals surface area contributed by atoms with E-state index >= 15 is 0 Å². The second kappa shape index (κ2) is 6.76. The molecule has 1 aliphatic carbocycles. The number of ketones is 1. The number of rotatable bonds is 5. The van der Waals surface area contributed by atoms with Gasteiger partial charge < -0.3 is 10.1 Å². The Kier molecular flexibility index (Phi) is 4.94. The lowest BCUT2D eigenvalue weighted by molar-refractivity contribution is -0.384. The zero-order chi connectivity index (χ0) is 17.9. The maximum atomic E-state index is 12.5. The van der Waals surface area contributed by atoms with Crippen LogP contribution in [0.4, 0.5) is 5.69 Å². The molecular weight excluding hydrogens is 312 g/mol. The topological polar surface area (TPSA) is 98.5 Å². The van der Waals surface area contributed by atoms with Crippen molar-refractivity contribution in [3.63, 3.8) is 0 Å². The molecule has 1 aliphatic rings. The lowest BCUT2D eigenvalue weighted by atomic mass is 9.89. The fourth-order valence-corrected chi connectivity index (χ4v) is 2.63. The number of benzene rings is 1. The monoisotopic (exact) mass is 330 g/mol. The lowest BCUT2D eigenvalue weighted by Gasteiger charge is -2.38. The van der Waals surface area contributed by atoms with Gasteiger partial charge in [-0.1, -0.05) is 0 Å². The summed E-state index contributed by atoms with van der Waals surface area (Å²) in [5, 5.41) is 13.5. The average molecular weight is 330 g/mol. The molecule has 2 rings (SSSR count). The average Bonchev–Trinajstić information content (AvgIpc) is 2.52. The van der Waals surface area contributed by atoms with E-state index in [2.05, 4.69) is 5.32 Å². The van der Waals surface area contributed by atoms with Crippen LogP contribution in [0.25, 0.3) is 0 Å². The lowest BCUT2D eigenvalue weighted by Crippen LogP contribution is -2.53. The van der Waals surface area contributed by atoms with Gasteiger partial charge in [0.1, 0.15) is 0 Å². The van der Waals surface area contributed by atoms with Crippen molar-refractivity contribution >= 4 is 17.4 Å². The summed E-state index contributed by atoms with van der Waals surface area (Å²) in [5.74, 6) is -0.613. The molecule has 0 heterocycles. The minimum atomic E-state index is -1.19. The highest BCUT2D eigenvalue weighted by atomic mass is 16.6. The maximum absolute atomic E-state index is 12.5. The molecule has 0 aliphatic heterocycles. The van der Waals surface area contributed by atoms with Crippen LogP contribution in [0.1, 0.15) is 31.1 Å². The standard InChI is InChI=1S/C17H18N2O5/c1-4-24-17(11(2)9-15(20)10-12(17)3)18-16(21)13-5-7-14(8-6-13)19(22)23/h5-10H,4H2,1-3H3,(H,18,21). The van der Waals surface area contributed by atoms with E-state index in [1.165, 1.54) is 36.4 Å². The number of carbonyl (C=O) groups excluding carboxylic acids is 2. The molecule has 24 heavy (non-hydrogen) atoms. The number of ether oxygens (including phenoxy) is 1. The van der Waals surface area contributed by atoms with Gasteiger partial charge in [-0.05, 0) is 56.2 Å². The van der Waals surface area contributed by atoms with E-state index in [1.54, 1.807) is 20.8 Å². The highest BCUT2D eigenvalue weighted by Crippen LogP contribution is 2.31. The van der Waals surface area contributed by atoms with E-state index in [9.17, 15) is 19.7 Å². The predicted octanol–water partition coefficient (Wildman–Crippen LogP) is 2.53. The molecule has 1 aromatic rings. The number of nitro benzene ring substituents is 1. The van der Waals surface area contributed by atoms with E-state index in [0.717, 1.165) is 0 Å². The van der Waals surface area contributed by atoms with Gasteiger partial charge in [-0.25, -0.2) is 0 Å². The fourth-order valence-electron chi connectivity index (χ4n) is 2.63. The number of non-ortho nitro benzene ring substituents is 1. The predicted molar refractivity (Wildman–Crippen MR) is 87.4 cm³/mol.